The predicted molar refractivity (Wildman–Crippen MR) is 86.4 cm³/mol. The van der Waals surface area contributed by atoms with Crippen molar-refractivity contribution in [1.82, 2.24) is 4.90 Å². The van der Waals surface area contributed by atoms with Crippen LogP contribution in [0.3, 0.4) is 0 Å². The van der Waals surface area contributed by atoms with Gasteiger partial charge in [-0.15, -0.1) is 23.2 Å². The van der Waals surface area contributed by atoms with Crippen molar-refractivity contribution >= 4 is 29.0 Å². The smallest absolute Gasteiger partial charge is 0.167 e. The maximum Gasteiger partial charge on any atom is 0.167 e. The van der Waals surface area contributed by atoms with Gasteiger partial charge in [-0.25, -0.2) is 0 Å². The second-order valence-electron chi connectivity index (χ2n) is 4.46. The zero-order valence-corrected chi connectivity index (χ0v) is 13.9. The zero-order valence-electron chi connectivity index (χ0n) is 12.4. The molecule has 0 saturated heterocycles. The largest absolute Gasteiger partial charge is 0.497 e. The Labute approximate surface area is 135 Å². The van der Waals surface area contributed by atoms with Crippen LogP contribution >= 0.6 is 23.2 Å². The highest BCUT2D eigenvalue weighted by molar-refractivity contribution is 6.18. The first-order valence-corrected chi connectivity index (χ1v) is 7.82. The van der Waals surface area contributed by atoms with E-state index in [1.165, 1.54) is 0 Å². The first-order valence-electron chi connectivity index (χ1n) is 6.75. The van der Waals surface area contributed by atoms with Crippen LogP contribution in [0.2, 0.25) is 0 Å². The predicted octanol–water partition coefficient (Wildman–Crippen LogP) is 3.06. The van der Waals surface area contributed by atoms with Crippen LogP contribution in [-0.4, -0.2) is 56.3 Å². The number of hydrogen-bond donors (Lipinski definition) is 0. The van der Waals surface area contributed by atoms with E-state index >= 15 is 0 Å². The molecule has 0 atom stereocenters. The first kappa shape index (κ1) is 18.1. The summed E-state index contributed by atoms with van der Waals surface area (Å²) < 4.78 is 10.4. The zero-order chi connectivity index (χ0) is 15.7. The van der Waals surface area contributed by atoms with E-state index in [-0.39, 0.29) is 5.78 Å². The Morgan fingerprint density at radius 3 is 2.29 bits per heavy atom. The molecule has 0 saturated carbocycles. The van der Waals surface area contributed by atoms with E-state index < -0.39 is 0 Å². The number of carbonyl (C=O) groups is 1. The molecule has 21 heavy (non-hydrogen) atoms. The van der Waals surface area contributed by atoms with Gasteiger partial charge in [-0.05, 0) is 12.1 Å². The van der Waals surface area contributed by atoms with Crippen molar-refractivity contribution in [1.29, 1.82) is 0 Å². The van der Waals surface area contributed by atoms with Crippen molar-refractivity contribution in [3.63, 3.8) is 0 Å². The molecule has 0 amide bonds. The molecule has 0 bridgehead atoms. The summed E-state index contributed by atoms with van der Waals surface area (Å²) in [6, 6.07) is 5.20. The molecule has 1 aromatic rings. The summed E-state index contributed by atoms with van der Waals surface area (Å²) in [6.45, 7) is 2.08. The van der Waals surface area contributed by atoms with E-state index in [9.17, 15) is 4.79 Å². The monoisotopic (exact) mass is 333 g/mol. The molecule has 0 aromatic heterocycles. The third-order valence-corrected chi connectivity index (χ3v) is 3.50. The molecular formula is C15H21Cl2NO3. The van der Waals surface area contributed by atoms with Gasteiger partial charge in [0, 0.05) is 43.9 Å². The van der Waals surface area contributed by atoms with Crippen LogP contribution in [0.5, 0.6) is 11.5 Å². The molecule has 1 aromatic carbocycles. The highest BCUT2D eigenvalue weighted by Crippen LogP contribution is 2.25. The van der Waals surface area contributed by atoms with E-state index in [4.69, 9.17) is 32.7 Å². The molecular weight excluding hydrogens is 313 g/mol. The Morgan fingerprint density at radius 1 is 1.10 bits per heavy atom. The van der Waals surface area contributed by atoms with Gasteiger partial charge < -0.3 is 14.4 Å². The number of benzene rings is 1. The third kappa shape index (κ3) is 5.73. The van der Waals surface area contributed by atoms with Crippen molar-refractivity contribution in [3.8, 4) is 11.5 Å². The molecule has 0 N–H and O–H groups in total. The summed E-state index contributed by atoms with van der Waals surface area (Å²) in [7, 11) is 3.12. The van der Waals surface area contributed by atoms with E-state index in [1.54, 1.807) is 32.4 Å². The number of Topliss-reactive ketones (excluding diaryl/α,β-unsaturated/α-hetero) is 1. The standard InChI is InChI=1S/C15H21Cl2NO3/c1-20-12-3-4-13(15(11-12)21-2)14(19)5-8-18(9-6-16)10-7-17/h3-4,11H,5-10H2,1-2H3. The van der Waals surface area contributed by atoms with Crippen LogP contribution in [0.4, 0.5) is 0 Å². The molecule has 0 heterocycles. The second-order valence-corrected chi connectivity index (χ2v) is 5.21. The quantitative estimate of drug-likeness (QED) is 0.487. The third-order valence-electron chi connectivity index (χ3n) is 3.17. The van der Waals surface area contributed by atoms with Crippen LogP contribution in [0.15, 0.2) is 18.2 Å². The Hall–Kier alpha value is -0.970. The average molecular weight is 334 g/mol. The number of alkyl halides is 2. The lowest BCUT2D eigenvalue weighted by Gasteiger charge is -2.19. The van der Waals surface area contributed by atoms with Gasteiger partial charge >= 0.3 is 0 Å². The maximum atomic E-state index is 12.3. The summed E-state index contributed by atoms with van der Waals surface area (Å²) in [5, 5.41) is 0. The Kier molecular flexibility index (Phi) is 8.50. The molecule has 0 aliphatic carbocycles. The van der Waals surface area contributed by atoms with Gasteiger partial charge in [0.1, 0.15) is 11.5 Å². The molecule has 0 spiro atoms. The highest BCUT2D eigenvalue weighted by Gasteiger charge is 2.14. The Bertz CT molecular complexity index is 449. The van der Waals surface area contributed by atoms with Crippen LogP contribution in [0, 0.1) is 0 Å². The number of ether oxygens (including phenoxy) is 2. The van der Waals surface area contributed by atoms with Gasteiger partial charge in [-0.1, -0.05) is 0 Å². The lowest BCUT2D eigenvalue weighted by molar-refractivity contribution is 0.0963. The summed E-state index contributed by atoms with van der Waals surface area (Å²) in [4.78, 5) is 14.4. The molecule has 6 heteroatoms. The van der Waals surface area contributed by atoms with Crippen molar-refractivity contribution in [2.24, 2.45) is 0 Å². The second kappa shape index (κ2) is 9.87. The van der Waals surface area contributed by atoms with Gasteiger partial charge in [0.05, 0.1) is 19.8 Å². The minimum Gasteiger partial charge on any atom is -0.497 e. The fraction of sp³-hybridized carbons (Fsp3) is 0.533. The first-order chi connectivity index (χ1) is 10.2. The van der Waals surface area contributed by atoms with Gasteiger partial charge in [0.25, 0.3) is 0 Å². The number of rotatable bonds is 10. The van der Waals surface area contributed by atoms with E-state index in [2.05, 4.69) is 4.90 Å². The van der Waals surface area contributed by atoms with Crippen molar-refractivity contribution in [2.75, 3.05) is 45.6 Å². The van der Waals surface area contributed by atoms with Crippen molar-refractivity contribution in [2.45, 2.75) is 6.42 Å². The van der Waals surface area contributed by atoms with Crippen LogP contribution in [0.25, 0.3) is 0 Å². The molecule has 118 valence electrons. The van der Waals surface area contributed by atoms with Gasteiger partial charge in [0.2, 0.25) is 0 Å². The minimum atomic E-state index is 0.0312. The Morgan fingerprint density at radius 2 is 1.76 bits per heavy atom. The summed E-state index contributed by atoms with van der Waals surface area (Å²) >= 11 is 11.5. The number of halogens is 2. The van der Waals surface area contributed by atoms with Gasteiger partial charge in [-0.2, -0.15) is 0 Å². The molecule has 0 aliphatic rings. The maximum absolute atomic E-state index is 12.3. The van der Waals surface area contributed by atoms with E-state index in [0.717, 1.165) is 13.1 Å². The minimum absolute atomic E-state index is 0.0312. The Balaban J connectivity index is 2.70. The lowest BCUT2D eigenvalue weighted by Crippen LogP contribution is -2.30. The van der Waals surface area contributed by atoms with Crippen LogP contribution < -0.4 is 9.47 Å². The molecule has 1 rings (SSSR count). The number of hydrogen-bond acceptors (Lipinski definition) is 4. The number of methoxy groups -OCH3 is 2. The van der Waals surface area contributed by atoms with Crippen LogP contribution in [-0.2, 0) is 0 Å². The summed E-state index contributed by atoms with van der Waals surface area (Å²) in [5.41, 5.74) is 0.565. The number of nitrogens with zero attached hydrogens (tertiary/aromatic N) is 1. The fourth-order valence-electron chi connectivity index (χ4n) is 2.00. The molecule has 0 aliphatic heterocycles. The topological polar surface area (TPSA) is 38.8 Å². The van der Waals surface area contributed by atoms with E-state index in [1.807, 2.05) is 0 Å². The lowest BCUT2D eigenvalue weighted by atomic mass is 10.1. The SMILES string of the molecule is COc1ccc(C(=O)CCN(CCCl)CCCl)c(OC)c1. The molecule has 0 fully saturated rings. The summed E-state index contributed by atoms with van der Waals surface area (Å²) in [6.07, 6.45) is 0.399. The summed E-state index contributed by atoms with van der Waals surface area (Å²) in [5.74, 6) is 2.27. The fourth-order valence-corrected chi connectivity index (χ4v) is 2.48. The highest BCUT2D eigenvalue weighted by atomic mass is 35.5. The van der Waals surface area contributed by atoms with Gasteiger partial charge in [-0.3, -0.25) is 4.79 Å². The average Bonchev–Trinajstić information content (AvgIpc) is 2.52. The normalized spacial score (nSPS) is 10.7. The molecule has 0 radical (unpaired) electrons. The molecule has 4 nitrogen and oxygen atoms in total. The van der Waals surface area contributed by atoms with Crippen LogP contribution in [0.1, 0.15) is 16.8 Å². The molecule has 0 unspecified atom stereocenters. The van der Waals surface area contributed by atoms with Crippen molar-refractivity contribution < 1.29 is 14.3 Å². The van der Waals surface area contributed by atoms with E-state index in [0.29, 0.717) is 41.8 Å². The number of ketones is 1. The van der Waals surface area contributed by atoms with Crippen molar-refractivity contribution in [3.05, 3.63) is 23.8 Å². The number of carbonyl (C=O) groups excluding carboxylic acids is 1. The van der Waals surface area contributed by atoms with Gasteiger partial charge in [0.15, 0.2) is 5.78 Å².